The molecule has 2 heterocycles. The molecule has 0 aliphatic carbocycles. The highest BCUT2D eigenvalue weighted by atomic mass is 32.2. The Hall–Kier alpha value is -2.35. The van der Waals surface area contributed by atoms with Crippen molar-refractivity contribution in [2.45, 2.75) is 43.6 Å². The molecule has 3 rings (SSSR count). The largest absolute Gasteiger partial charge is 0.416 e. The number of urea groups is 1. The Morgan fingerprint density at radius 1 is 1.00 bits per heavy atom. The van der Waals surface area contributed by atoms with Crippen molar-refractivity contribution in [1.82, 2.24) is 14.9 Å². The van der Waals surface area contributed by atoms with E-state index in [-0.39, 0.29) is 37.6 Å². The monoisotopic (exact) mass is 487 g/mol. The minimum Gasteiger partial charge on any atom is -0.322 e. The van der Waals surface area contributed by atoms with E-state index in [2.05, 4.69) is 5.32 Å². The van der Waals surface area contributed by atoms with Gasteiger partial charge in [-0.2, -0.15) is 26.3 Å². The topological polar surface area (TPSA) is 95.6 Å². The number of nitrogens with one attached hydrogen (secondary N) is 2. The molecule has 178 valence electrons. The Morgan fingerprint density at radius 3 is 1.91 bits per heavy atom. The molecule has 0 spiro atoms. The summed E-state index contributed by atoms with van der Waals surface area (Å²) in [7, 11) is -4.05. The smallest absolute Gasteiger partial charge is 0.322 e. The third kappa shape index (κ3) is 5.00. The normalized spacial score (nSPS) is 23.8. The van der Waals surface area contributed by atoms with Gasteiger partial charge in [-0.25, -0.2) is 17.5 Å². The van der Waals surface area contributed by atoms with Gasteiger partial charge in [-0.1, -0.05) is 0 Å². The number of sulfonamides is 1. The number of piperidine rings is 1. The van der Waals surface area contributed by atoms with E-state index < -0.39 is 62.7 Å². The highest BCUT2D eigenvalue weighted by molar-refractivity contribution is 7.89. The first kappa shape index (κ1) is 24.3. The van der Waals surface area contributed by atoms with E-state index in [1.54, 1.807) is 0 Å². The second kappa shape index (κ2) is 7.90. The Morgan fingerprint density at radius 2 is 1.50 bits per heavy atom. The zero-order valence-corrected chi connectivity index (χ0v) is 17.4. The lowest BCUT2D eigenvalue weighted by Crippen LogP contribution is -2.53. The van der Waals surface area contributed by atoms with Gasteiger partial charge in [0.15, 0.2) is 0 Å². The predicted molar refractivity (Wildman–Crippen MR) is 98.9 cm³/mol. The molecule has 2 aliphatic heterocycles. The fourth-order valence-corrected chi connectivity index (χ4v) is 5.70. The van der Waals surface area contributed by atoms with Gasteiger partial charge in [0.2, 0.25) is 10.0 Å². The fourth-order valence-electron chi connectivity index (χ4n) is 3.82. The molecule has 0 aromatic heterocycles. The molecule has 2 fully saturated rings. The summed E-state index contributed by atoms with van der Waals surface area (Å²) in [6.07, 6.45) is -9.95. The SMILES string of the molecule is C[C@]1(CS(=O)(=O)N2CCC(c3cc(C(F)(F)F)cc(C(F)(F)F)c3)CC2)NC(=O)NC1=O. The van der Waals surface area contributed by atoms with E-state index >= 15 is 0 Å². The van der Waals surface area contributed by atoms with E-state index in [4.69, 9.17) is 0 Å². The van der Waals surface area contributed by atoms with Gasteiger partial charge in [-0.05, 0) is 49.4 Å². The van der Waals surface area contributed by atoms with E-state index in [1.807, 2.05) is 5.32 Å². The van der Waals surface area contributed by atoms with Crippen LogP contribution in [0, 0.1) is 0 Å². The van der Waals surface area contributed by atoms with Gasteiger partial charge in [0.25, 0.3) is 5.91 Å². The first-order valence-electron chi connectivity index (χ1n) is 9.42. The van der Waals surface area contributed by atoms with Crippen molar-refractivity contribution in [2.24, 2.45) is 0 Å². The standard InChI is InChI=1S/C18H19F6N3O4S/c1-16(14(28)25-15(29)26-16)9-32(30,31)27-4-2-10(3-5-27)11-6-12(17(19,20)21)8-13(7-11)18(22,23)24/h6-8,10H,2-5,9H2,1H3,(H2,25,26,28,29)/t16-/m1/s1. The van der Waals surface area contributed by atoms with Crippen molar-refractivity contribution in [2.75, 3.05) is 18.8 Å². The minimum absolute atomic E-state index is 0.00684. The van der Waals surface area contributed by atoms with Crippen molar-refractivity contribution < 1.29 is 44.3 Å². The number of amides is 3. The van der Waals surface area contributed by atoms with Crippen molar-refractivity contribution >= 4 is 22.0 Å². The molecule has 1 aromatic carbocycles. The van der Waals surface area contributed by atoms with Gasteiger partial charge in [0, 0.05) is 13.1 Å². The molecule has 3 amide bonds. The highest BCUT2D eigenvalue weighted by Gasteiger charge is 2.47. The number of rotatable bonds is 4. The quantitative estimate of drug-likeness (QED) is 0.505. The summed E-state index contributed by atoms with van der Waals surface area (Å²) < 4.78 is 105. The molecule has 0 radical (unpaired) electrons. The minimum atomic E-state index is -4.97. The average Bonchev–Trinajstić information content (AvgIpc) is 2.90. The molecule has 0 bridgehead atoms. The van der Waals surface area contributed by atoms with Crippen molar-refractivity contribution in [3.63, 3.8) is 0 Å². The summed E-state index contributed by atoms with van der Waals surface area (Å²) in [5, 5.41) is 4.17. The molecular weight excluding hydrogens is 468 g/mol. The first-order chi connectivity index (χ1) is 14.5. The molecule has 2 saturated heterocycles. The first-order valence-corrected chi connectivity index (χ1v) is 11.0. The summed E-state index contributed by atoms with van der Waals surface area (Å²) in [4.78, 5) is 23.2. The van der Waals surface area contributed by atoms with Crippen LogP contribution in [0.2, 0.25) is 0 Å². The second-order valence-electron chi connectivity index (χ2n) is 8.01. The van der Waals surface area contributed by atoms with E-state index in [0.29, 0.717) is 12.1 Å². The van der Waals surface area contributed by atoms with Gasteiger partial charge in [0.1, 0.15) is 5.54 Å². The summed E-state index contributed by atoms with van der Waals surface area (Å²) in [6.45, 7) is 0.922. The van der Waals surface area contributed by atoms with Crippen LogP contribution in [0.4, 0.5) is 31.1 Å². The van der Waals surface area contributed by atoms with Crippen LogP contribution in [0.1, 0.15) is 42.4 Å². The van der Waals surface area contributed by atoms with Gasteiger partial charge in [-0.15, -0.1) is 0 Å². The molecular formula is C18H19F6N3O4S. The van der Waals surface area contributed by atoms with Crippen molar-refractivity contribution in [1.29, 1.82) is 0 Å². The average molecular weight is 487 g/mol. The van der Waals surface area contributed by atoms with Crippen LogP contribution >= 0.6 is 0 Å². The molecule has 0 saturated carbocycles. The number of carbonyl (C=O) groups excluding carboxylic acids is 2. The third-order valence-electron chi connectivity index (χ3n) is 5.52. The zero-order chi connectivity index (χ0) is 24.1. The molecule has 7 nitrogen and oxygen atoms in total. The molecule has 1 aromatic rings. The number of nitrogens with zero attached hydrogens (tertiary/aromatic N) is 1. The van der Waals surface area contributed by atoms with Gasteiger partial charge in [-0.3, -0.25) is 10.1 Å². The van der Waals surface area contributed by atoms with E-state index in [1.165, 1.54) is 6.92 Å². The second-order valence-corrected chi connectivity index (χ2v) is 9.98. The van der Waals surface area contributed by atoms with Crippen LogP contribution in [0.5, 0.6) is 0 Å². The molecule has 2 N–H and O–H groups in total. The van der Waals surface area contributed by atoms with Gasteiger partial charge < -0.3 is 5.32 Å². The number of benzene rings is 1. The number of carbonyl (C=O) groups is 2. The van der Waals surface area contributed by atoms with Crippen LogP contribution in [0.25, 0.3) is 0 Å². The number of imide groups is 1. The lowest BCUT2D eigenvalue weighted by molar-refractivity contribution is -0.143. The number of alkyl halides is 6. The van der Waals surface area contributed by atoms with Crippen LogP contribution in [0.15, 0.2) is 18.2 Å². The van der Waals surface area contributed by atoms with Crippen molar-refractivity contribution in [3.8, 4) is 0 Å². The predicted octanol–water partition coefficient (Wildman–Crippen LogP) is 2.83. The fraction of sp³-hybridized carbons (Fsp3) is 0.556. The number of hydrogen-bond donors (Lipinski definition) is 2. The maximum Gasteiger partial charge on any atom is 0.416 e. The summed E-state index contributed by atoms with van der Waals surface area (Å²) >= 11 is 0. The summed E-state index contributed by atoms with van der Waals surface area (Å²) in [6, 6.07) is 0.522. The lowest BCUT2D eigenvalue weighted by Gasteiger charge is -2.33. The maximum absolute atomic E-state index is 13.1. The Kier molecular flexibility index (Phi) is 6.00. The lowest BCUT2D eigenvalue weighted by atomic mass is 9.88. The van der Waals surface area contributed by atoms with E-state index in [0.717, 1.165) is 4.31 Å². The zero-order valence-electron chi connectivity index (χ0n) is 16.6. The van der Waals surface area contributed by atoms with E-state index in [9.17, 15) is 44.3 Å². The molecule has 32 heavy (non-hydrogen) atoms. The van der Waals surface area contributed by atoms with Crippen LogP contribution in [0.3, 0.4) is 0 Å². The van der Waals surface area contributed by atoms with Crippen LogP contribution < -0.4 is 10.6 Å². The number of hydrogen-bond acceptors (Lipinski definition) is 4. The molecule has 1 atom stereocenters. The molecule has 14 heteroatoms. The van der Waals surface area contributed by atoms with Crippen LogP contribution in [-0.4, -0.2) is 49.0 Å². The molecule has 0 unspecified atom stereocenters. The summed E-state index contributed by atoms with van der Waals surface area (Å²) in [5.74, 6) is -2.26. The van der Waals surface area contributed by atoms with Gasteiger partial charge in [0.05, 0.1) is 16.9 Å². The maximum atomic E-state index is 13.1. The number of halogens is 6. The highest BCUT2D eigenvalue weighted by Crippen LogP contribution is 2.39. The third-order valence-corrected chi connectivity index (χ3v) is 7.61. The molecule has 2 aliphatic rings. The van der Waals surface area contributed by atoms with Gasteiger partial charge >= 0.3 is 18.4 Å². The summed E-state index contributed by atoms with van der Waals surface area (Å²) in [5.41, 5.74) is -4.70. The van der Waals surface area contributed by atoms with Crippen LogP contribution in [-0.2, 0) is 27.2 Å². The van der Waals surface area contributed by atoms with Crippen molar-refractivity contribution in [3.05, 3.63) is 34.9 Å². The Balaban J connectivity index is 1.77. The Labute approximate surface area is 179 Å². The Bertz CT molecular complexity index is 1000.